The molecule has 0 fully saturated rings. The summed E-state index contributed by atoms with van der Waals surface area (Å²) in [5.41, 5.74) is 0.952. The molecule has 0 saturated heterocycles. The molecular formula is C11H17F3N2OS. The van der Waals surface area contributed by atoms with Gasteiger partial charge in [0.05, 0.1) is 17.3 Å². The minimum Gasteiger partial charge on any atom is -0.371 e. The fourth-order valence-corrected chi connectivity index (χ4v) is 2.49. The van der Waals surface area contributed by atoms with Gasteiger partial charge in [-0.05, 0) is 20.8 Å². The second-order valence-corrected chi connectivity index (χ2v) is 5.43. The standard InChI is InChI=1S/C11H17F3N2OS/c1-7(10-8(2)18-9(3)16-10)15-4-5-17-6-11(12,13)14/h7,15H,4-6H2,1-3H3. The lowest BCUT2D eigenvalue weighted by Crippen LogP contribution is -2.26. The predicted molar refractivity (Wildman–Crippen MR) is 64.9 cm³/mol. The highest BCUT2D eigenvalue weighted by atomic mass is 32.1. The van der Waals surface area contributed by atoms with Crippen LogP contribution in [0.25, 0.3) is 0 Å². The lowest BCUT2D eigenvalue weighted by molar-refractivity contribution is -0.173. The molecule has 3 nitrogen and oxygen atoms in total. The normalized spacial score (nSPS) is 13.9. The molecule has 0 amide bonds. The molecule has 1 rings (SSSR count). The zero-order chi connectivity index (χ0) is 13.8. The summed E-state index contributed by atoms with van der Waals surface area (Å²) in [7, 11) is 0. The molecule has 0 bridgehead atoms. The fraction of sp³-hybridized carbons (Fsp3) is 0.727. The van der Waals surface area contributed by atoms with Crippen molar-refractivity contribution < 1.29 is 17.9 Å². The number of halogens is 3. The van der Waals surface area contributed by atoms with Crippen LogP contribution >= 0.6 is 11.3 Å². The second kappa shape index (κ2) is 6.49. The number of rotatable bonds is 6. The van der Waals surface area contributed by atoms with Crippen molar-refractivity contribution in [2.75, 3.05) is 19.8 Å². The van der Waals surface area contributed by atoms with E-state index in [0.29, 0.717) is 6.54 Å². The van der Waals surface area contributed by atoms with E-state index in [-0.39, 0.29) is 12.6 Å². The van der Waals surface area contributed by atoms with Crippen LogP contribution in [-0.4, -0.2) is 30.9 Å². The first-order chi connectivity index (χ1) is 8.29. The van der Waals surface area contributed by atoms with Gasteiger partial charge in [-0.1, -0.05) is 0 Å². The molecule has 18 heavy (non-hydrogen) atoms. The first kappa shape index (κ1) is 15.4. The maximum Gasteiger partial charge on any atom is 0.411 e. The summed E-state index contributed by atoms with van der Waals surface area (Å²) in [4.78, 5) is 5.51. The highest BCUT2D eigenvalue weighted by molar-refractivity contribution is 7.11. The molecule has 0 saturated carbocycles. The van der Waals surface area contributed by atoms with Gasteiger partial charge in [0, 0.05) is 17.5 Å². The van der Waals surface area contributed by atoms with E-state index in [9.17, 15) is 13.2 Å². The molecule has 0 spiro atoms. The van der Waals surface area contributed by atoms with E-state index in [4.69, 9.17) is 0 Å². The summed E-state index contributed by atoms with van der Waals surface area (Å²) in [5.74, 6) is 0. The minimum absolute atomic E-state index is 0.0180. The van der Waals surface area contributed by atoms with Crippen LogP contribution in [0.4, 0.5) is 13.2 Å². The van der Waals surface area contributed by atoms with E-state index in [1.807, 2.05) is 20.8 Å². The third kappa shape index (κ3) is 5.32. The molecule has 1 aromatic heterocycles. The molecule has 1 aromatic rings. The highest BCUT2D eigenvalue weighted by Crippen LogP contribution is 2.22. The number of aryl methyl sites for hydroxylation is 2. The molecule has 1 unspecified atom stereocenters. The van der Waals surface area contributed by atoms with Crippen molar-refractivity contribution in [3.8, 4) is 0 Å². The Labute approximate surface area is 108 Å². The number of nitrogens with one attached hydrogen (secondary N) is 1. The van der Waals surface area contributed by atoms with Crippen molar-refractivity contribution in [2.24, 2.45) is 0 Å². The number of alkyl halides is 3. The summed E-state index contributed by atoms with van der Waals surface area (Å²) in [5, 5.41) is 4.08. The first-order valence-electron chi connectivity index (χ1n) is 5.61. The van der Waals surface area contributed by atoms with Gasteiger partial charge in [0.2, 0.25) is 0 Å². The molecule has 104 valence electrons. The predicted octanol–water partition coefficient (Wildman–Crippen LogP) is 2.99. The van der Waals surface area contributed by atoms with E-state index < -0.39 is 12.8 Å². The van der Waals surface area contributed by atoms with Crippen molar-refractivity contribution in [2.45, 2.75) is 33.0 Å². The van der Waals surface area contributed by atoms with Gasteiger partial charge in [-0.15, -0.1) is 11.3 Å². The number of hydrogen-bond acceptors (Lipinski definition) is 4. The maximum atomic E-state index is 11.8. The highest BCUT2D eigenvalue weighted by Gasteiger charge is 2.27. The van der Waals surface area contributed by atoms with Crippen LogP contribution in [0.3, 0.4) is 0 Å². The third-order valence-electron chi connectivity index (χ3n) is 2.31. The van der Waals surface area contributed by atoms with Crippen molar-refractivity contribution in [3.05, 3.63) is 15.6 Å². The number of ether oxygens (including phenoxy) is 1. The first-order valence-corrected chi connectivity index (χ1v) is 6.43. The molecule has 0 aromatic carbocycles. The third-order valence-corrected chi connectivity index (χ3v) is 3.21. The monoisotopic (exact) mass is 282 g/mol. The molecule has 1 N–H and O–H groups in total. The van der Waals surface area contributed by atoms with Crippen LogP contribution in [0.2, 0.25) is 0 Å². The lowest BCUT2D eigenvalue weighted by Gasteiger charge is -2.13. The van der Waals surface area contributed by atoms with E-state index >= 15 is 0 Å². The fourth-order valence-electron chi connectivity index (χ4n) is 1.58. The Balaban J connectivity index is 2.26. The number of aromatic nitrogens is 1. The van der Waals surface area contributed by atoms with Gasteiger partial charge in [-0.3, -0.25) is 0 Å². The Hall–Kier alpha value is -0.660. The Morgan fingerprint density at radius 2 is 2.06 bits per heavy atom. The Bertz CT molecular complexity index is 379. The van der Waals surface area contributed by atoms with Gasteiger partial charge >= 0.3 is 6.18 Å². The number of nitrogens with zero attached hydrogens (tertiary/aromatic N) is 1. The van der Waals surface area contributed by atoms with Gasteiger partial charge in [0.25, 0.3) is 0 Å². The van der Waals surface area contributed by atoms with Crippen LogP contribution in [0.1, 0.15) is 28.5 Å². The van der Waals surface area contributed by atoms with Crippen LogP contribution < -0.4 is 5.32 Å². The summed E-state index contributed by atoms with van der Waals surface area (Å²) in [6.45, 7) is 5.06. The van der Waals surface area contributed by atoms with Crippen LogP contribution in [0.15, 0.2) is 0 Å². The average molecular weight is 282 g/mol. The Morgan fingerprint density at radius 1 is 1.39 bits per heavy atom. The largest absolute Gasteiger partial charge is 0.411 e. The molecule has 0 radical (unpaired) electrons. The van der Waals surface area contributed by atoms with E-state index in [0.717, 1.165) is 15.6 Å². The van der Waals surface area contributed by atoms with Crippen molar-refractivity contribution in [1.29, 1.82) is 0 Å². The summed E-state index contributed by atoms with van der Waals surface area (Å²) in [6.07, 6.45) is -4.26. The molecule has 0 aliphatic rings. The Morgan fingerprint density at radius 3 is 2.56 bits per heavy atom. The maximum absolute atomic E-state index is 11.8. The van der Waals surface area contributed by atoms with Crippen LogP contribution in [0, 0.1) is 13.8 Å². The molecule has 7 heteroatoms. The molecule has 1 heterocycles. The van der Waals surface area contributed by atoms with Gasteiger partial charge in [0.1, 0.15) is 6.61 Å². The van der Waals surface area contributed by atoms with Crippen molar-refractivity contribution >= 4 is 11.3 Å². The molecule has 0 aliphatic heterocycles. The topological polar surface area (TPSA) is 34.2 Å². The van der Waals surface area contributed by atoms with Gasteiger partial charge in [-0.25, -0.2) is 4.98 Å². The second-order valence-electron chi connectivity index (χ2n) is 4.02. The summed E-state index contributed by atoms with van der Waals surface area (Å²) >= 11 is 1.61. The average Bonchev–Trinajstić information content (AvgIpc) is 2.55. The quantitative estimate of drug-likeness (QED) is 0.814. The molecule has 1 atom stereocenters. The minimum atomic E-state index is -4.26. The number of thiazole rings is 1. The summed E-state index contributed by atoms with van der Waals surface area (Å²) in [6, 6.07) is 0.0180. The molecular weight excluding hydrogens is 265 g/mol. The van der Waals surface area contributed by atoms with E-state index in [2.05, 4.69) is 15.0 Å². The zero-order valence-corrected chi connectivity index (χ0v) is 11.4. The zero-order valence-electron chi connectivity index (χ0n) is 10.6. The SMILES string of the molecule is Cc1nc(C(C)NCCOCC(F)(F)F)c(C)s1. The van der Waals surface area contributed by atoms with Gasteiger partial charge < -0.3 is 10.1 Å². The van der Waals surface area contributed by atoms with Gasteiger partial charge in [0.15, 0.2) is 0 Å². The van der Waals surface area contributed by atoms with Crippen LogP contribution in [0.5, 0.6) is 0 Å². The molecule has 0 aliphatic carbocycles. The van der Waals surface area contributed by atoms with Crippen LogP contribution in [-0.2, 0) is 4.74 Å². The lowest BCUT2D eigenvalue weighted by atomic mass is 10.2. The van der Waals surface area contributed by atoms with E-state index in [1.54, 1.807) is 11.3 Å². The van der Waals surface area contributed by atoms with Crippen molar-refractivity contribution in [3.63, 3.8) is 0 Å². The summed E-state index contributed by atoms with van der Waals surface area (Å²) < 4.78 is 39.9. The Kier molecular flexibility index (Phi) is 5.55. The van der Waals surface area contributed by atoms with E-state index in [1.165, 1.54) is 0 Å². The van der Waals surface area contributed by atoms with Gasteiger partial charge in [-0.2, -0.15) is 13.2 Å². The smallest absolute Gasteiger partial charge is 0.371 e. The van der Waals surface area contributed by atoms with Crippen molar-refractivity contribution in [1.82, 2.24) is 10.3 Å². The number of hydrogen-bond donors (Lipinski definition) is 1.